The number of benzene rings is 2. The summed E-state index contributed by atoms with van der Waals surface area (Å²) in [5.41, 5.74) is 2.90. The highest BCUT2D eigenvalue weighted by atomic mass is 19.2. The largest absolute Gasteiger partial charge is 0.203 e. The molecule has 0 nitrogen and oxygen atoms in total. The summed E-state index contributed by atoms with van der Waals surface area (Å²) in [4.78, 5) is 0. The van der Waals surface area contributed by atoms with Crippen molar-refractivity contribution in [3.05, 3.63) is 59.2 Å². The van der Waals surface area contributed by atoms with Crippen LogP contribution in [0.2, 0.25) is 0 Å². The smallest absolute Gasteiger partial charge is 0.166 e. The van der Waals surface area contributed by atoms with E-state index >= 15 is 0 Å². The van der Waals surface area contributed by atoms with Gasteiger partial charge in [0.25, 0.3) is 0 Å². The maximum Gasteiger partial charge on any atom is 0.166 e. The second-order valence-corrected chi connectivity index (χ2v) is 7.23. The van der Waals surface area contributed by atoms with Crippen molar-refractivity contribution in [1.82, 2.24) is 0 Å². The third kappa shape index (κ3) is 3.53. The van der Waals surface area contributed by atoms with E-state index in [4.69, 9.17) is 0 Å². The molecule has 0 bridgehead atoms. The molecule has 0 amide bonds. The van der Waals surface area contributed by atoms with Crippen LogP contribution in [0.1, 0.15) is 63.0 Å². The lowest BCUT2D eigenvalue weighted by Gasteiger charge is -2.26. The van der Waals surface area contributed by atoms with Crippen LogP contribution in [0.4, 0.5) is 8.78 Å². The van der Waals surface area contributed by atoms with E-state index < -0.39 is 11.6 Å². The van der Waals surface area contributed by atoms with E-state index in [1.165, 1.54) is 31.2 Å². The van der Waals surface area contributed by atoms with Crippen molar-refractivity contribution < 1.29 is 8.78 Å². The molecule has 0 saturated heterocycles. The Labute approximate surface area is 143 Å². The van der Waals surface area contributed by atoms with Gasteiger partial charge in [-0.15, -0.1) is 0 Å². The molecule has 0 heterocycles. The minimum absolute atomic E-state index is 0.358. The van der Waals surface area contributed by atoms with Gasteiger partial charge in [-0.25, -0.2) is 8.78 Å². The van der Waals surface area contributed by atoms with Crippen molar-refractivity contribution >= 4 is 0 Å². The molecule has 0 unspecified atom stereocenters. The fourth-order valence-electron chi connectivity index (χ4n) is 3.80. The highest BCUT2D eigenvalue weighted by molar-refractivity contribution is 5.65. The first-order valence-electron chi connectivity index (χ1n) is 9.17. The van der Waals surface area contributed by atoms with Crippen LogP contribution in [0.5, 0.6) is 0 Å². The quantitative estimate of drug-likeness (QED) is 0.574. The summed E-state index contributed by atoms with van der Waals surface area (Å²) in [5, 5.41) is 0. The third-order valence-electron chi connectivity index (χ3n) is 5.39. The number of hydrogen-bond donors (Lipinski definition) is 0. The van der Waals surface area contributed by atoms with Gasteiger partial charge in [-0.3, -0.25) is 0 Å². The van der Waals surface area contributed by atoms with Crippen molar-refractivity contribution in [3.8, 4) is 11.1 Å². The van der Waals surface area contributed by atoms with Gasteiger partial charge in [0, 0.05) is 5.56 Å². The lowest BCUT2D eigenvalue weighted by Crippen LogP contribution is -2.10. The van der Waals surface area contributed by atoms with E-state index in [0.29, 0.717) is 23.5 Å². The SMILES string of the molecule is CCCc1ccc(-c2ccc(C3CCC(C)CC3)cc2)c(F)c1F. The first kappa shape index (κ1) is 17.1. The summed E-state index contributed by atoms with van der Waals surface area (Å²) < 4.78 is 28.6. The van der Waals surface area contributed by atoms with Crippen LogP contribution in [0.25, 0.3) is 11.1 Å². The molecule has 0 N–H and O–H groups in total. The first-order chi connectivity index (χ1) is 11.6. The molecule has 24 heavy (non-hydrogen) atoms. The number of halogens is 2. The molecule has 0 aromatic heterocycles. The fraction of sp³-hybridized carbons (Fsp3) is 0.455. The summed E-state index contributed by atoms with van der Waals surface area (Å²) in [6, 6.07) is 11.5. The van der Waals surface area contributed by atoms with E-state index in [-0.39, 0.29) is 0 Å². The van der Waals surface area contributed by atoms with Crippen LogP contribution in [-0.2, 0) is 6.42 Å². The van der Waals surface area contributed by atoms with Gasteiger partial charge in [0.15, 0.2) is 11.6 Å². The van der Waals surface area contributed by atoms with Gasteiger partial charge in [-0.05, 0) is 47.8 Å². The lowest BCUT2D eigenvalue weighted by molar-refractivity contribution is 0.348. The molecule has 0 spiro atoms. The second kappa shape index (κ2) is 7.46. The molecule has 2 aromatic carbocycles. The summed E-state index contributed by atoms with van der Waals surface area (Å²) in [7, 11) is 0. The maximum atomic E-state index is 14.4. The molecule has 128 valence electrons. The minimum Gasteiger partial charge on any atom is -0.203 e. The standard InChI is InChI=1S/C22H26F2/c1-3-4-19-13-14-20(22(24)21(19)23)18-11-9-17(10-12-18)16-7-5-15(2)6-8-16/h9-16H,3-8H2,1-2H3. The molecule has 1 saturated carbocycles. The molecule has 0 atom stereocenters. The lowest BCUT2D eigenvalue weighted by atomic mass is 9.79. The monoisotopic (exact) mass is 328 g/mol. The number of rotatable bonds is 4. The Morgan fingerprint density at radius 3 is 2.17 bits per heavy atom. The molecule has 2 heteroatoms. The Balaban J connectivity index is 1.82. The van der Waals surface area contributed by atoms with Crippen LogP contribution < -0.4 is 0 Å². The number of aryl methyl sites for hydroxylation is 1. The Morgan fingerprint density at radius 2 is 1.54 bits per heavy atom. The van der Waals surface area contributed by atoms with E-state index in [2.05, 4.69) is 19.1 Å². The molecular formula is C22H26F2. The average Bonchev–Trinajstić information content (AvgIpc) is 2.60. The normalized spacial score (nSPS) is 21.0. The Bertz CT molecular complexity index is 680. The molecule has 3 rings (SSSR count). The van der Waals surface area contributed by atoms with Crippen molar-refractivity contribution in [2.75, 3.05) is 0 Å². The molecule has 0 radical (unpaired) electrons. The van der Waals surface area contributed by atoms with Crippen LogP contribution in [0.3, 0.4) is 0 Å². The van der Waals surface area contributed by atoms with E-state index in [9.17, 15) is 8.78 Å². The minimum atomic E-state index is -0.722. The van der Waals surface area contributed by atoms with Gasteiger partial charge >= 0.3 is 0 Å². The molecule has 0 aliphatic heterocycles. The van der Waals surface area contributed by atoms with Gasteiger partial charge < -0.3 is 0 Å². The summed E-state index contributed by atoms with van der Waals surface area (Å²) in [6.45, 7) is 4.29. The van der Waals surface area contributed by atoms with E-state index in [1.54, 1.807) is 12.1 Å². The van der Waals surface area contributed by atoms with Gasteiger partial charge in [-0.2, -0.15) is 0 Å². The summed E-state index contributed by atoms with van der Waals surface area (Å²) >= 11 is 0. The van der Waals surface area contributed by atoms with E-state index in [0.717, 1.165) is 17.9 Å². The molecular weight excluding hydrogens is 302 g/mol. The van der Waals surface area contributed by atoms with E-state index in [1.807, 2.05) is 19.1 Å². The van der Waals surface area contributed by atoms with Crippen LogP contribution in [0, 0.1) is 17.6 Å². The maximum absolute atomic E-state index is 14.4. The summed E-state index contributed by atoms with van der Waals surface area (Å²) in [6.07, 6.45) is 6.41. The van der Waals surface area contributed by atoms with Gasteiger partial charge in [0.1, 0.15) is 0 Å². The zero-order valence-electron chi connectivity index (χ0n) is 14.6. The third-order valence-corrected chi connectivity index (χ3v) is 5.39. The predicted octanol–water partition coefficient (Wildman–Crippen LogP) is 6.88. The van der Waals surface area contributed by atoms with Crippen molar-refractivity contribution in [2.45, 2.75) is 58.3 Å². The highest BCUT2D eigenvalue weighted by Gasteiger charge is 2.20. The number of hydrogen-bond acceptors (Lipinski definition) is 0. The van der Waals surface area contributed by atoms with Crippen LogP contribution >= 0.6 is 0 Å². The molecule has 2 aromatic rings. The average molecular weight is 328 g/mol. The molecule has 1 aliphatic carbocycles. The first-order valence-corrected chi connectivity index (χ1v) is 9.17. The Kier molecular flexibility index (Phi) is 5.33. The zero-order valence-corrected chi connectivity index (χ0v) is 14.6. The highest BCUT2D eigenvalue weighted by Crippen LogP contribution is 2.36. The van der Waals surface area contributed by atoms with Crippen LogP contribution in [-0.4, -0.2) is 0 Å². The van der Waals surface area contributed by atoms with Crippen molar-refractivity contribution in [3.63, 3.8) is 0 Å². The van der Waals surface area contributed by atoms with Crippen molar-refractivity contribution in [2.24, 2.45) is 5.92 Å². The fourth-order valence-corrected chi connectivity index (χ4v) is 3.80. The van der Waals surface area contributed by atoms with Gasteiger partial charge in [0.2, 0.25) is 0 Å². The Hall–Kier alpha value is -1.70. The predicted molar refractivity (Wildman–Crippen MR) is 96.2 cm³/mol. The topological polar surface area (TPSA) is 0 Å². The molecule has 1 fully saturated rings. The van der Waals surface area contributed by atoms with Gasteiger partial charge in [0.05, 0.1) is 0 Å². The Morgan fingerprint density at radius 1 is 0.875 bits per heavy atom. The molecule has 1 aliphatic rings. The summed E-state index contributed by atoms with van der Waals surface area (Å²) in [5.74, 6) is 0.0304. The second-order valence-electron chi connectivity index (χ2n) is 7.23. The van der Waals surface area contributed by atoms with Crippen molar-refractivity contribution in [1.29, 1.82) is 0 Å². The zero-order chi connectivity index (χ0) is 17.1. The van der Waals surface area contributed by atoms with Gasteiger partial charge in [-0.1, -0.05) is 69.5 Å². The van der Waals surface area contributed by atoms with Crippen LogP contribution in [0.15, 0.2) is 36.4 Å².